The number of fused-ring (bicyclic) bond motifs is 1. The van der Waals surface area contributed by atoms with Gasteiger partial charge in [0.25, 0.3) is 5.91 Å². The third-order valence-corrected chi connectivity index (χ3v) is 6.86. The maximum absolute atomic E-state index is 13.1. The maximum Gasteiger partial charge on any atom is 0.290 e. The number of carbonyl (C=O) groups excluding carboxylic acids is 1. The van der Waals surface area contributed by atoms with Crippen molar-refractivity contribution in [2.45, 2.75) is 30.5 Å². The summed E-state index contributed by atoms with van der Waals surface area (Å²) in [6, 6.07) is 15.7. The molecule has 156 valence electrons. The van der Waals surface area contributed by atoms with Gasteiger partial charge < -0.3 is 14.1 Å². The molecule has 0 fully saturated rings. The molecule has 0 spiro atoms. The monoisotopic (exact) mass is 425 g/mol. The molecule has 0 bridgehead atoms. The molecule has 1 aromatic heterocycles. The SMILES string of the molecule is CCOc1ccc2c(c1)CN(C(=O)c1occc1CS(=O)(=O)c1ccccc1)CC2. The second kappa shape index (κ2) is 8.36. The van der Waals surface area contributed by atoms with Crippen LogP contribution in [0.5, 0.6) is 5.75 Å². The number of hydrogen-bond donors (Lipinski definition) is 0. The third kappa shape index (κ3) is 4.11. The van der Waals surface area contributed by atoms with Crippen molar-refractivity contribution in [1.29, 1.82) is 0 Å². The topological polar surface area (TPSA) is 76.8 Å². The Kier molecular flexibility index (Phi) is 5.63. The first kappa shape index (κ1) is 20.2. The molecule has 0 saturated carbocycles. The second-order valence-electron chi connectivity index (χ2n) is 7.19. The van der Waals surface area contributed by atoms with Crippen molar-refractivity contribution in [2.75, 3.05) is 13.2 Å². The molecule has 30 heavy (non-hydrogen) atoms. The molecular formula is C23H23NO5S. The van der Waals surface area contributed by atoms with E-state index in [2.05, 4.69) is 0 Å². The quantitative estimate of drug-likeness (QED) is 0.600. The molecule has 1 aliphatic rings. The Morgan fingerprint density at radius 3 is 2.67 bits per heavy atom. The predicted octanol–water partition coefficient (Wildman–Crippen LogP) is 3.85. The molecule has 0 saturated heterocycles. The fourth-order valence-corrected chi connectivity index (χ4v) is 5.03. The largest absolute Gasteiger partial charge is 0.494 e. The minimum absolute atomic E-state index is 0.0823. The van der Waals surface area contributed by atoms with Gasteiger partial charge in [-0.1, -0.05) is 24.3 Å². The van der Waals surface area contributed by atoms with Crippen molar-refractivity contribution in [1.82, 2.24) is 4.90 Å². The van der Waals surface area contributed by atoms with Crippen LogP contribution in [-0.2, 0) is 28.6 Å². The molecule has 0 atom stereocenters. The maximum atomic E-state index is 13.1. The van der Waals surface area contributed by atoms with Gasteiger partial charge in [-0.3, -0.25) is 4.79 Å². The van der Waals surface area contributed by atoms with Crippen LogP contribution in [0.25, 0.3) is 0 Å². The van der Waals surface area contributed by atoms with Crippen molar-refractivity contribution >= 4 is 15.7 Å². The molecule has 1 aliphatic heterocycles. The lowest BCUT2D eigenvalue weighted by Crippen LogP contribution is -2.36. The number of hydrogen-bond acceptors (Lipinski definition) is 5. The van der Waals surface area contributed by atoms with Crippen LogP contribution in [-0.4, -0.2) is 32.4 Å². The van der Waals surface area contributed by atoms with Crippen LogP contribution in [0.3, 0.4) is 0 Å². The van der Waals surface area contributed by atoms with Crippen molar-refractivity contribution in [2.24, 2.45) is 0 Å². The van der Waals surface area contributed by atoms with Crippen LogP contribution >= 0.6 is 0 Å². The summed E-state index contributed by atoms with van der Waals surface area (Å²) in [5.41, 5.74) is 2.59. The lowest BCUT2D eigenvalue weighted by molar-refractivity contribution is 0.0701. The number of benzene rings is 2. The zero-order valence-corrected chi connectivity index (χ0v) is 17.5. The zero-order valence-electron chi connectivity index (χ0n) is 16.7. The number of furan rings is 1. The summed E-state index contributed by atoms with van der Waals surface area (Å²) >= 11 is 0. The van der Waals surface area contributed by atoms with Gasteiger partial charge in [-0.2, -0.15) is 0 Å². The molecular weight excluding hydrogens is 402 g/mol. The van der Waals surface area contributed by atoms with Crippen LogP contribution in [0.15, 0.2) is 70.2 Å². The molecule has 0 unspecified atom stereocenters. The summed E-state index contributed by atoms with van der Waals surface area (Å²) in [4.78, 5) is 15.0. The van der Waals surface area contributed by atoms with E-state index >= 15 is 0 Å². The standard InChI is InChI=1S/C23H23NO5S/c1-2-28-20-9-8-17-10-12-24(15-19(17)14-20)23(25)22-18(11-13-29-22)16-30(26,27)21-6-4-3-5-7-21/h3-9,11,13-14H,2,10,12,15-16H2,1H3. The summed E-state index contributed by atoms with van der Waals surface area (Å²) in [5, 5.41) is 0. The Balaban J connectivity index is 1.54. The molecule has 1 amide bonds. The van der Waals surface area contributed by atoms with Gasteiger partial charge in [0.1, 0.15) is 5.75 Å². The lowest BCUT2D eigenvalue weighted by Gasteiger charge is -2.28. The van der Waals surface area contributed by atoms with Crippen molar-refractivity contribution in [3.63, 3.8) is 0 Å². The highest BCUT2D eigenvalue weighted by molar-refractivity contribution is 7.90. The van der Waals surface area contributed by atoms with E-state index in [9.17, 15) is 13.2 Å². The molecule has 7 heteroatoms. The average Bonchev–Trinajstić information content (AvgIpc) is 3.21. The number of carbonyl (C=O) groups is 1. The molecule has 2 heterocycles. The normalized spacial score (nSPS) is 13.7. The smallest absolute Gasteiger partial charge is 0.290 e. The number of amides is 1. The van der Waals surface area contributed by atoms with E-state index in [-0.39, 0.29) is 22.3 Å². The van der Waals surface area contributed by atoms with Crippen LogP contribution in [0, 0.1) is 0 Å². The average molecular weight is 426 g/mol. The van der Waals surface area contributed by atoms with Crippen LogP contribution in [0.1, 0.15) is 34.2 Å². The summed E-state index contributed by atoms with van der Waals surface area (Å²) in [6.07, 6.45) is 2.10. The van der Waals surface area contributed by atoms with E-state index in [1.54, 1.807) is 41.3 Å². The van der Waals surface area contributed by atoms with Gasteiger partial charge in [-0.15, -0.1) is 0 Å². The molecule has 6 nitrogen and oxygen atoms in total. The summed E-state index contributed by atoms with van der Waals surface area (Å²) in [6.45, 7) is 3.48. The van der Waals surface area contributed by atoms with Gasteiger partial charge in [0.2, 0.25) is 0 Å². The minimum Gasteiger partial charge on any atom is -0.494 e. The van der Waals surface area contributed by atoms with E-state index in [1.165, 1.54) is 11.8 Å². The van der Waals surface area contributed by atoms with Gasteiger partial charge >= 0.3 is 0 Å². The summed E-state index contributed by atoms with van der Waals surface area (Å²) < 4.78 is 36.5. The molecule has 0 radical (unpaired) electrons. The van der Waals surface area contributed by atoms with Gasteiger partial charge in [0.05, 0.1) is 23.5 Å². The van der Waals surface area contributed by atoms with Gasteiger partial charge in [-0.25, -0.2) is 8.42 Å². The highest BCUT2D eigenvalue weighted by atomic mass is 32.2. The van der Waals surface area contributed by atoms with E-state index in [4.69, 9.17) is 9.15 Å². The van der Waals surface area contributed by atoms with E-state index in [0.29, 0.717) is 25.3 Å². The van der Waals surface area contributed by atoms with Crippen LogP contribution in [0.4, 0.5) is 0 Å². The van der Waals surface area contributed by atoms with Gasteiger partial charge in [-0.05, 0) is 54.8 Å². The van der Waals surface area contributed by atoms with E-state index in [0.717, 1.165) is 17.7 Å². The van der Waals surface area contributed by atoms with E-state index < -0.39 is 9.84 Å². The highest BCUT2D eigenvalue weighted by Crippen LogP contribution is 2.27. The Morgan fingerprint density at radius 2 is 1.90 bits per heavy atom. The fourth-order valence-electron chi connectivity index (χ4n) is 3.66. The number of ether oxygens (including phenoxy) is 1. The molecule has 2 aromatic carbocycles. The van der Waals surface area contributed by atoms with Crippen LogP contribution in [0.2, 0.25) is 0 Å². The Bertz CT molecular complexity index is 1150. The summed E-state index contributed by atoms with van der Waals surface area (Å²) in [7, 11) is -3.58. The Hall–Kier alpha value is -3.06. The molecule has 0 aliphatic carbocycles. The van der Waals surface area contributed by atoms with Crippen molar-refractivity contribution < 1.29 is 22.4 Å². The molecule has 3 aromatic rings. The molecule has 0 N–H and O–H groups in total. The van der Waals surface area contributed by atoms with Gasteiger partial charge in [0, 0.05) is 18.7 Å². The van der Waals surface area contributed by atoms with Crippen LogP contribution < -0.4 is 4.74 Å². The first-order valence-electron chi connectivity index (χ1n) is 9.86. The van der Waals surface area contributed by atoms with Crippen molar-refractivity contribution in [3.05, 3.63) is 83.3 Å². The zero-order chi connectivity index (χ0) is 21.1. The first-order chi connectivity index (χ1) is 14.5. The molecule has 4 rings (SSSR count). The third-order valence-electron chi connectivity index (χ3n) is 5.18. The Morgan fingerprint density at radius 1 is 1.10 bits per heavy atom. The predicted molar refractivity (Wildman–Crippen MR) is 112 cm³/mol. The number of rotatable bonds is 6. The van der Waals surface area contributed by atoms with Crippen molar-refractivity contribution in [3.8, 4) is 5.75 Å². The number of nitrogens with zero attached hydrogens (tertiary/aromatic N) is 1. The summed E-state index contributed by atoms with van der Waals surface area (Å²) in [5.74, 6) is 0.274. The van der Waals surface area contributed by atoms with Gasteiger partial charge in [0.15, 0.2) is 15.6 Å². The Labute approximate surface area is 176 Å². The second-order valence-corrected chi connectivity index (χ2v) is 9.18. The lowest BCUT2D eigenvalue weighted by atomic mass is 9.99. The minimum atomic E-state index is -3.58. The first-order valence-corrected chi connectivity index (χ1v) is 11.5. The fraction of sp³-hybridized carbons (Fsp3) is 0.261. The number of sulfone groups is 1. The highest BCUT2D eigenvalue weighted by Gasteiger charge is 2.28. The van der Waals surface area contributed by atoms with E-state index in [1.807, 2.05) is 25.1 Å².